The first kappa shape index (κ1) is 24.4. The van der Waals surface area contributed by atoms with Crippen LogP contribution in [0, 0.1) is 0 Å². The van der Waals surface area contributed by atoms with E-state index in [1.165, 1.54) is 5.56 Å². The number of allylic oxidation sites excluding steroid dienone is 1. The normalized spacial score (nSPS) is 12.4. The van der Waals surface area contributed by atoms with E-state index in [1.54, 1.807) is 35.6 Å². The van der Waals surface area contributed by atoms with E-state index in [0.717, 1.165) is 45.0 Å². The summed E-state index contributed by atoms with van der Waals surface area (Å²) in [5.74, 6) is -0.405. The molecule has 0 saturated carbocycles. The molecule has 9 heteroatoms. The first-order valence-corrected chi connectivity index (χ1v) is 13.2. The van der Waals surface area contributed by atoms with Crippen LogP contribution in [0.5, 0.6) is 11.5 Å². The Hall–Kier alpha value is -4.89. The number of aromatic carboxylic acids is 1. The number of hydrogen-bond acceptors (Lipinski definition) is 8. The molecule has 39 heavy (non-hydrogen) atoms. The van der Waals surface area contributed by atoms with Crippen molar-refractivity contribution in [1.29, 1.82) is 0 Å². The Balaban J connectivity index is 1.21. The molecular formula is C30H24N4O4S. The van der Waals surface area contributed by atoms with E-state index < -0.39 is 5.97 Å². The first-order valence-electron chi connectivity index (χ1n) is 12.4. The smallest absolute Gasteiger partial charge is 0.358 e. The van der Waals surface area contributed by atoms with Crippen LogP contribution in [0.4, 0.5) is 5.13 Å². The number of nitrogens with one attached hydrogen (secondary N) is 2. The van der Waals surface area contributed by atoms with Crippen molar-refractivity contribution in [2.45, 2.75) is 12.8 Å². The van der Waals surface area contributed by atoms with Gasteiger partial charge >= 0.3 is 5.97 Å². The molecule has 0 bridgehead atoms. The lowest BCUT2D eigenvalue weighted by atomic mass is 9.92. The summed E-state index contributed by atoms with van der Waals surface area (Å²) in [6, 6.07) is 26.6. The van der Waals surface area contributed by atoms with E-state index in [2.05, 4.69) is 33.0 Å². The van der Waals surface area contributed by atoms with Crippen molar-refractivity contribution < 1.29 is 19.4 Å². The molecule has 0 radical (unpaired) electrons. The molecule has 2 aromatic heterocycles. The predicted molar refractivity (Wildman–Crippen MR) is 152 cm³/mol. The number of para-hydroxylation sites is 2. The van der Waals surface area contributed by atoms with Crippen LogP contribution in [-0.2, 0) is 6.42 Å². The van der Waals surface area contributed by atoms with Gasteiger partial charge in [-0.15, -0.1) is 0 Å². The summed E-state index contributed by atoms with van der Waals surface area (Å²) in [4.78, 5) is 21.0. The summed E-state index contributed by atoms with van der Waals surface area (Å²) in [5, 5.41) is 10.6. The lowest BCUT2D eigenvalue weighted by Gasteiger charge is -2.20. The third-order valence-electron chi connectivity index (χ3n) is 6.30. The van der Waals surface area contributed by atoms with E-state index in [1.807, 2.05) is 54.6 Å². The maximum atomic E-state index is 12.0. The first-order chi connectivity index (χ1) is 19.1. The third-order valence-corrected chi connectivity index (χ3v) is 7.25. The van der Waals surface area contributed by atoms with E-state index in [0.29, 0.717) is 11.4 Å². The number of pyridine rings is 1. The summed E-state index contributed by atoms with van der Waals surface area (Å²) in [6.07, 6.45) is 3.98. The lowest BCUT2D eigenvalue weighted by molar-refractivity contribution is 0.0674. The van der Waals surface area contributed by atoms with Gasteiger partial charge in [0.1, 0.15) is 5.75 Å². The van der Waals surface area contributed by atoms with E-state index in [-0.39, 0.29) is 18.2 Å². The fraction of sp³-hybridized carbons (Fsp3) is 0.100. The molecule has 8 nitrogen and oxygen atoms in total. The van der Waals surface area contributed by atoms with Gasteiger partial charge in [-0.3, -0.25) is 10.9 Å². The topological polar surface area (TPSA) is 106 Å². The number of anilines is 1. The van der Waals surface area contributed by atoms with Crippen molar-refractivity contribution in [1.82, 2.24) is 15.4 Å². The van der Waals surface area contributed by atoms with Crippen LogP contribution in [0.2, 0.25) is 0 Å². The molecule has 0 spiro atoms. The fourth-order valence-corrected chi connectivity index (χ4v) is 5.23. The summed E-state index contributed by atoms with van der Waals surface area (Å²) in [6.45, 7) is -0.133. The Kier molecular flexibility index (Phi) is 6.80. The van der Waals surface area contributed by atoms with Crippen LogP contribution in [0.15, 0.2) is 91.0 Å². The molecule has 3 N–H and O–H groups in total. The van der Waals surface area contributed by atoms with E-state index >= 15 is 0 Å². The number of aryl methyl sites for hydroxylation is 1. The van der Waals surface area contributed by atoms with Gasteiger partial charge in [-0.2, -0.15) is 0 Å². The number of carboxylic acid groups (broad SMARTS) is 1. The zero-order valence-electron chi connectivity index (χ0n) is 20.8. The number of fused-ring (bicyclic) bond motifs is 2. The molecule has 5 aromatic rings. The number of carbonyl (C=O) groups is 1. The van der Waals surface area contributed by atoms with Crippen molar-refractivity contribution in [3.63, 3.8) is 0 Å². The molecule has 6 rings (SSSR count). The molecule has 0 aliphatic heterocycles. The van der Waals surface area contributed by atoms with Gasteiger partial charge < -0.3 is 14.6 Å². The van der Waals surface area contributed by atoms with E-state index in [4.69, 9.17) is 9.47 Å². The largest absolute Gasteiger partial charge is 0.476 e. The Morgan fingerprint density at radius 1 is 0.923 bits per heavy atom. The standard InChI is InChI=1S/C30H24N4O4S/c35-29(36)28-26(38-18-37-21-8-2-1-3-9-21)16-15-23(31-28)20-14-13-19-7-6-11-24(22(19)17-20)33-34-30-32-25-10-4-5-12-27(25)39-30/h1-5,8-17,33H,6-7,18H2,(H,32,34)(H,35,36). The molecule has 3 aromatic carbocycles. The summed E-state index contributed by atoms with van der Waals surface area (Å²) in [5.41, 5.74) is 11.8. The Morgan fingerprint density at radius 3 is 2.62 bits per heavy atom. The SMILES string of the molecule is O=C(O)c1nc(-c2ccc3c(c2)C(NNc2nc4ccccc4s2)=CCC3)ccc1OCOc1ccccc1. The molecular weight excluding hydrogens is 512 g/mol. The predicted octanol–water partition coefficient (Wildman–Crippen LogP) is 6.38. The quantitative estimate of drug-likeness (QED) is 0.147. The maximum Gasteiger partial charge on any atom is 0.358 e. The van der Waals surface area contributed by atoms with Gasteiger partial charge in [-0.05, 0) is 60.9 Å². The minimum Gasteiger partial charge on any atom is -0.476 e. The summed E-state index contributed by atoms with van der Waals surface area (Å²) in [7, 11) is 0. The Bertz CT molecular complexity index is 1650. The highest BCUT2D eigenvalue weighted by molar-refractivity contribution is 7.22. The zero-order valence-corrected chi connectivity index (χ0v) is 21.6. The number of hydrogen-bond donors (Lipinski definition) is 3. The second kappa shape index (κ2) is 10.8. The number of nitrogens with zero attached hydrogens (tertiary/aromatic N) is 2. The number of rotatable bonds is 9. The number of thiazole rings is 1. The maximum absolute atomic E-state index is 12.0. The average molecular weight is 537 g/mol. The molecule has 0 fully saturated rings. The number of hydrazine groups is 1. The van der Waals surface area contributed by atoms with Gasteiger partial charge in [0.05, 0.1) is 21.6 Å². The van der Waals surface area contributed by atoms with Crippen LogP contribution in [0.25, 0.3) is 27.2 Å². The lowest BCUT2D eigenvalue weighted by Crippen LogP contribution is -2.22. The summed E-state index contributed by atoms with van der Waals surface area (Å²) < 4.78 is 12.3. The van der Waals surface area contributed by atoms with Crippen LogP contribution in [-0.4, -0.2) is 27.8 Å². The van der Waals surface area contributed by atoms with Crippen LogP contribution in [0.3, 0.4) is 0 Å². The van der Waals surface area contributed by atoms with Gasteiger partial charge in [0.25, 0.3) is 0 Å². The Morgan fingerprint density at radius 2 is 1.77 bits per heavy atom. The van der Waals surface area contributed by atoms with Crippen LogP contribution < -0.4 is 20.3 Å². The molecule has 0 saturated heterocycles. The Labute approximate surface area is 228 Å². The second-order valence-corrected chi connectivity index (χ2v) is 9.86. The van der Waals surface area contributed by atoms with Crippen LogP contribution in [0.1, 0.15) is 28.0 Å². The molecule has 0 atom stereocenters. The second-order valence-electron chi connectivity index (χ2n) is 8.83. The highest BCUT2D eigenvalue weighted by Crippen LogP contribution is 2.31. The number of aromatic nitrogens is 2. The van der Waals surface area contributed by atoms with Crippen LogP contribution >= 0.6 is 11.3 Å². The highest BCUT2D eigenvalue weighted by atomic mass is 32.1. The van der Waals surface area contributed by atoms with Crippen molar-refractivity contribution in [2.75, 3.05) is 12.2 Å². The molecule has 0 amide bonds. The van der Waals surface area contributed by atoms with E-state index in [9.17, 15) is 9.90 Å². The molecule has 1 aliphatic carbocycles. The average Bonchev–Trinajstić information content (AvgIpc) is 3.39. The highest BCUT2D eigenvalue weighted by Gasteiger charge is 2.18. The van der Waals surface area contributed by atoms with Gasteiger partial charge in [0, 0.05) is 11.1 Å². The fourth-order valence-electron chi connectivity index (χ4n) is 4.41. The summed E-state index contributed by atoms with van der Waals surface area (Å²) >= 11 is 1.58. The van der Waals surface area contributed by atoms with Crippen molar-refractivity contribution in [3.8, 4) is 22.8 Å². The number of ether oxygens (including phenoxy) is 2. The number of benzene rings is 3. The third kappa shape index (κ3) is 5.39. The minimum atomic E-state index is -1.17. The molecule has 2 heterocycles. The van der Waals surface area contributed by atoms with Gasteiger partial charge in [0.15, 0.2) is 11.4 Å². The minimum absolute atomic E-state index is 0.133. The van der Waals surface area contributed by atoms with Gasteiger partial charge in [0.2, 0.25) is 11.9 Å². The van der Waals surface area contributed by atoms with Crippen molar-refractivity contribution in [3.05, 3.63) is 108 Å². The number of carboxylic acids is 1. The van der Waals surface area contributed by atoms with Gasteiger partial charge in [-0.1, -0.05) is 59.9 Å². The van der Waals surface area contributed by atoms with Crippen molar-refractivity contribution in [2.24, 2.45) is 0 Å². The molecule has 1 aliphatic rings. The molecule has 194 valence electrons. The molecule has 0 unspecified atom stereocenters. The zero-order chi connectivity index (χ0) is 26.6. The monoisotopic (exact) mass is 536 g/mol. The van der Waals surface area contributed by atoms with Crippen molar-refractivity contribution >= 4 is 38.4 Å². The van der Waals surface area contributed by atoms with Gasteiger partial charge in [-0.25, -0.2) is 14.8 Å².